The van der Waals surface area contributed by atoms with Gasteiger partial charge in [0.2, 0.25) is 0 Å². The van der Waals surface area contributed by atoms with Crippen LogP contribution in [0.25, 0.3) is 16.0 Å². The predicted octanol–water partition coefficient (Wildman–Crippen LogP) is 6.38. The number of halogens is 1. The summed E-state index contributed by atoms with van der Waals surface area (Å²) >= 11 is 1.64. The van der Waals surface area contributed by atoms with Gasteiger partial charge in [-0.05, 0) is 55.5 Å². The third-order valence-corrected chi connectivity index (χ3v) is 5.07. The van der Waals surface area contributed by atoms with Crippen LogP contribution in [0, 0.1) is 12.7 Å². The van der Waals surface area contributed by atoms with Gasteiger partial charge in [-0.25, -0.2) is 4.39 Å². The molecule has 0 amide bonds. The fourth-order valence-corrected chi connectivity index (χ4v) is 3.60. The number of aryl methyl sites for hydroxylation is 1. The molecule has 21 heavy (non-hydrogen) atoms. The average molecular weight is 298 g/mol. The standard InChI is InChI=1S/C19H19FS/c1-3-14-5-7-15(8-6-14)16-9-10-17(18(20)12-16)19-11-4-13(2)21-19/h4-5,7,9-12H,3,6,8H2,1-2H3. The average Bonchev–Trinajstić information content (AvgIpc) is 2.93. The third kappa shape index (κ3) is 3.01. The Balaban J connectivity index is 1.92. The van der Waals surface area contributed by atoms with Gasteiger partial charge >= 0.3 is 0 Å². The van der Waals surface area contributed by atoms with E-state index in [9.17, 15) is 4.39 Å². The molecule has 2 heteroatoms. The molecule has 1 heterocycles. The minimum absolute atomic E-state index is 0.125. The van der Waals surface area contributed by atoms with Gasteiger partial charge in [-0.1, -0.05) is 36.8 Å². The van der Waals surface area contributed by atoms with Gasteiger partial charge in [-0.2, -0.15) is 0 Å². The van der Waals surface area contributed by atoms with Crippen molar-refractivity contribution in [2.45, 2.75) is 33.1 Å². The number of hydrogen-bond donors (Lipinski definition) is 0. The minimum atomic E-state index is -0.125. The molecule has 1 aromatic heterocycles. The first-order valence-corrected chi connectivity index (χ1v) is 8.24. The van der Waals surface area contributed by atoms with Gasteiger partial charge in [0, 0.05) is 15.3 Å². The first-order valence-electron chi connectivity index (χ1n) is 7.42. The van der Waals surface area contributed by atoms with Crippen LogP contribution >= 0.6 is 11.3 Å². The van der Waals surface area contributed by atoms with Crippen molar-refractivity contribution in [2.75, 3.05) is 0 Å². The molecule has 1 aliphatic carbocycles. The van der Waals surface area contributed by atoms with Crippen LogP contribution in [0.1, 0.15) is 36.6 Å². The summed E-state index contributed by atoms with van der Waals surface area (Å²) in [6, 6.07) is 9.67. The molecule has 0 unspecified atom stereocenters. The highest BCUT2D eigenvalue weighted by Gasteiger charge is 2.12. The number of thiophene rings is 1. The molecule has 108 valence electrons. The van der Waals surface area contributed by atoms with E-state index in [4.69, 9.17) is 0 Å². The molecule has 0 atom stereocenters. The Morgan fingerprint density at radius 1 is 1.10 bits per heavy atom. The van der Waals surface area contributed by atoms with Gasteiger partial charge in [0.05, 0.1) is 0 Å². The van der Waals surface area contributed by atoms with Gasteiger partial charge < -0.3 is 0 Å². The molecule has 0 saturated heterocycles. The molecule has 0 N–H and O–H groups in total. The normalized spacial score (nSPS) is 14.8. The van der Waals surface area contributed by atoms with E-state index in [0.717, 1.165) is 29.7 Å². The van der Waals surface area contributed by atoms with Crippen LogP contribution in [0.2, 0.25) is 0 Å². The van der Waals surface area contributed by atoms with Crippen LogP contribution in [0.5, 0.6) is 0 Å². The number of allylic oxidation sites excluding steroid dienone is 4. The smallest absolute Gasteiger partial charge is 0.132 e. The van der Waals surface area contributed by atoms with Crippen molar-refractivity contribution in [1.29, 1.82) is 0 Å². The van der Waals surface area contributed by atoms with Crippen molar-refractivity contribution >= 4 is 16.9 Å². The highest BCUT2D eigenvalue weighted by Crippen LogP contribution is 2.33. The lowest BCUT2D eigenvalue weighted by atomic mass is 9.92. The minimum Gasteiger partial charge on any atom is -0.206 e. The summed E-state index contributed by atoms with van der Waals surface area (Å²) in [5.41, 5.74) is 4.43. The third-order valence-electron chi connectivity index (χ3n) is 4.04. The van der Waals surface area contributed by atoms with E-state index in [-0.39, 0.29) is 5.82 Å². The van der Waals surface area contributed by atoms with Crippen LogP contribution in [0.15, 0.2) is 48.1 Å². The van der Waals surface area contributed by atoms with E-state index in [1.54, 1.807) is 17.4 Å². The second-order valence-electron chi connectivity index (χ2n) is 5.48. The molecule has 1 aliphatic rings. The number of hydrogen-bond acceptors (Lipinski definition) is 1. The Kier molecular flexibility index (Phi) is 4.07. The molecule has 0 aliphatic heterocycles. The molecule has 0 saturated carbocycles. The fourth-order valence-electron chi connectivity index (χ4n) is 2.71. The van der Waals surface area contributed by atoms with E-state index >= 15 is 0 Å². The lowest BCUT2D eigenvalue weighted by Crippen LogP contribution is -1.94. The van der Waals surface area contributed by atoms with Crippen LogP contribution in [0.4, 0.5) is 4.39 Å². The van der Waals surface area contributed by atoms with Crippen molar-refractivity contribution < 1.29 is 4.39 Å². The van der Waals surface area contributed by atoms with Gasteiger partial charge in [0.25, 0.3) is 0 Å². The van der Waals surface area contributed by atoms with Crippen molar-refractivity contribution in [2.24, 2.45) is 0 Å². The summed E-state index contributed by atoms with van der Waals surface area (Å²) in [5.74, 6) is -0.125. The maximum atomic E-state index is 14.4. The zero-order valence-electron chi connectivity index (χ0n) is 12.4. The molecule has 0 fully saturated rings. The second-order valence-corrected chi connectivity index (χ2v) is 6.76. The highest BCUT2D eigenvalue weighted by atomic mass is 32.1. The summed E-state index contributed by atoms with van der Waals surface area (Å²) in [7, 11) is 0. The van der Waals surface area contributed by atoms with E-state index < -0.39 is 0 Å². The van der Waals surface area contributed by atoms with E-state index in [1.165, 1.54) is 16.0 Å². The van der Waals surface area contributed by atoms with E-state index in [0.29, 0.717) is 5.56 Å². The maximum absolute atomic E-state index is 14.4. The zero-order valence-corrected chi connectivity index (χ0v) is 13.3. The van der Waals surface area contributed by atoms with Crippen molar-refractivity contribution in [3.8, 4) is 10.4 Å². The first kappa shape index (κ1) is 14.3. The van der Waals surface area contributed by atoms with Gasteiger partial charge in [0.1, 0.15) is 5.82 Å². The van der Waals surface area contributed by atoms with Gasteiger partial charge in [-0.3, -0.25) is 0 Å². The van der Waals surface area contributed by atoms with Crippen molar-refractivity contribution in [3.63, 3.8) is 0 Å². The monoisotopic (exact) mass is 298 g/mol. The Morgan fingerprint density at radius 2 is 1.95 bits per heavy atom. The quantitative estimate of drug-likeness (QED) is 0.617. The lowest BCUT2D eigenvalue weighted by molar-refractivity contribution is 0.631. The van der Waals surface area contributed by atoms with Crippen molar-refractivity contribution in [3.05, 3.63) is 64.3 Å². The van der Waals surface area contributed by atoms with E-state index in [1.807, 2.05) is 31.2 Å². The Bertz CT molecular complexity index is 719. The second kappa shape index (κ2) is 5.98. The molecule has 0 bridgehead atoms. The van der Waals surface area contributed by atoms with Crippen LogP contribution < -0.4 is 0 Å². The lowest BCUT2D eigenvalue weighted by Gasteiger charge is -2.14. The van der Waals surface area contributed by atoms with Crippen molar-refractivity contribution in [1.82, 2.24) is 0 Å². The molecular weight excluding hydrogens is 279 g/mol. The Labute approximate surface area is 129 Å². The summed E-state index contributed by atoms with van der Waals surface area (Å²) in [6.45, 7) is 4.23. The van der Waals surface area contributed by atoms with E-state index in [2.05, 4.69) is 19.1 Å². The summed E-state index contributed by atoms with van der Waals surface area (Å²) < 4.78 is 14.4. The zero-order chi connectivity index (χ0) is 14.8. The van der Waals surface area contributed by atoms with Crippen LogP contribution in [-0.4, -0.2) is 0 Å². The van der Waals surface area contributed by atoms with Gasteiger partial charge in [-0.15, -0.1) is 11.3 Å². The molecule has 2 aromatic rings. The van der Waals surface area contributed by atoms with Gasteiger partial charge in [0.15, 0.2) is 0 Å². The van der Waals surface area contributed by atoms with Crippen LogP contribution in [0.3, 0.4) is 0 Å². The molecule has 3 rings (SSSR count). The Morgan fingerprint density at radius 3 is 2.52 bits per heavy atom. The number of benzene rings is 1. The predicted molar refractivity (Wildman–Crippen MR) is 90.0 cm³/mol. The molecule has 1 aromatic carbocycles. The summed E-state index contributed by atoms with van der Waals surface area (Å²) in [6.07, 6.45) is 7.54. The first-order chi connectivity index (χ1) is 10.2. The number of rotatable bonds is 3. The molecule has 0 radical (unpaired) electrons. The maximum Gasteiger partial charge on any atom is 0.132 e. The SMILES string of the molecule is CCC1=CC=C(c2ccc(-c3ccc(C)s3)c(F)c2)CC1. The Hall–Kier alpha value is -1.67. The summed E-state index contributed by atoms with van der Waals surface area (Å²) in [5, 5.41) is 0. The molecule has 0 nitrogen and oxygen atoms in total. The molecular formula is C19H19FS. The molecule has 0 spiro atoms. The summed E-state index contributed by atoms with van der Waals surface area (Å²) in [4.78, 5) is 2.21. The topological polar surface area (TPSA) is 0 Å². The largest absolute Gasteiger partial charge is 0.206 e. The van der Waals surface area contributed by atoms with Crippen LogP contribution in [-0.2, 0) is 0 Å². The fraction of sp³-hybridized carbons (Fsp3) is 0.263. The highest BCUT2D eigenvalue weighted by molar-refractivity contribution is 7.15.